The molecule has 1 rings (SSSR count). The van der Waals surface area contributed by atoms with Crippen LogP contribution in [0.2, 0.25) is 0 Å². The number of rotatable bonds is 1. The SMILES string of the molecule is [2H]c1cc(C)c(Br)c(C)c1OC. The maximum Gasteiger partial charge on any atom is 0.122 e. The summed E-state index contributed by atoms with van der Waals surface area (Å²) in [5, 5.41) is 0. The van der Waals surface area contributed by atoms with Crippen molar-refractivity contribution in [1.29, 1.82) is 0 Å². The summed E-state index contributed by atoms with van der Waals surface area (Å²) in [6.07, 6.45) is 0. The second-order valence-electron chi connectivity index (χ2n) is 2.44. The molecule has 0 amide bonds. The van der Waals surface area contributed by atoms with Gasteiger partial charge in [0.05, 0.1) is 8.48 Å². The zero-order chi connectivity index (χ0) is 9.30. The molecule has 0 spiro atoms. The Morgan fingerprint density at radius 3 is 2.73 bits per heavy atom. The Labute approximate surface area is 76.9 Å². The summed E-state index contributed by atoms with van der Waals surface area (Å²) < 4.78 is 13.7. The van der Waals surface area contributed by atoms with Crippen LogP contribution in [-0.2, 0) is 0 Å². The first-order valence-corrected chi connectivity index (χ1v) is 4.17. The van der Waals surface area contributed by atoms with Crippen LogP contribution < -0.4 is 4.74 Å². The van der Waals surface area contributed by atoms with Gasteiger partial charge in [-0.25, -0.2) is 0 Å². The van der Waals surface area contributed by atoms with Crippen LogP contribution in [0.5, 0.6) is 5.75 Å². The molecule has 0 saturated carbocycles. The van der Waals surface area contributed by atoms with E-state index >= 15 is 0 Å². The van der Waals surface area contributed by atoms with E-state index in [1.165, 1.54) is 0 Å². The quantitative estimate of drug-likeness (QED) is 0.700. The van der Waals surface area contributed by atoms with Gasteiger partial charge < -0.3 is 4.74 Å². The van der Waals surface area contributed by atoms with E-state index in [4.69, 9.17) is 6.11 Å². The predicted octanol–water partition coefficient (Wildman–Crippen LogP) is 3.07. The molecule has 0 N–H and O–H groups in total. The summed E-state index contributed by atoms with van der Waals surface area (Å²) in [4.78, 5) is 0. The molecule has 1 aromatic rings. The lowest BCUT2D eigenvalue weighted by atomic mass is 10.1. The normalized spacial score (nSPS) is 11.1. The van der Waals surface area contributed by atoms with E-state index in [2.05, 4.69) is 15.9 Å². The summed E-state index contributed by atoms with van der Waals surface area (Å²) in [5.74, 6) is 0.646. The highest BCUT2D eigenvalue weighted by molar-refractivity contribution is 9.10. The van der Waals surface area contributed by atoms with Crippen LogP contribution in [0, 0.1) is 13.8 Å². The summed E-state index contributed by atoms with van der Waals surface area (Å²) >= 11 is 3.44. The Balaban J connectivity index is 3.40. The topological polar surface area (TPSA) is 9.23 Å². The molecule has 0 fully saturated rings. The summed E-state index contributed by atoms with van der Waals surface area (Å²) in [6, 6.07) is 2.23. The fraction of sp³-hybridized carbons (Fsp3) is 0.333. The van der Waals surface area contributed by atoms with Crippen molar-refractivity contribution in [2.24, 2.45) is 0 Å². The smallest absolute Gasteiger partial charge is 0.122 e. The number of hydrogen-bond donors (Lipinski definition) is 0. The van der Waals surface area contributed by atoms with Crippen molar-refractivity contribution in [3.63, 3.8) is 0 Å². The van der Waals surface area contributed by atoms with Gasteiger partial charge in [-0.15, -0.1) is 0 Å². The van der Waals surface area contributed by atoms with Gasteiger partial charge in [0, 0.05) is 10.0 Å². The molecule has 0 aliphatic heterocycles. The Bertz CT molecular complexity index is 310. The van der Waals surface area contributed by atoms with Crippen LogP contribution in [0.3, 0.4) is 0 Å². The first-order chi connectivity index (χ1) is 5.57. The van der Waals surface area contributed by atoms with E-state index in [0.717, 1.165) is 15.6 Å². The van der Waals surface area contributed by atoms with Gasteiger partial charge in [0.25, 0.3) is 0 Å². The molecule has 11 heavy (non-hydrogen) atoms. The molecule has 0 aliphatic rings. The second-order valence-corrected chi connectivity index (χ2v) is 3.24. The Kier molecular flexibility index (Phi) is 2.13. The Hall–Kier alpha value is -0.500. The highest BCUT2D eigenvalue weighted by atomic mass is 79.9. The third kappa shape index (κ3) is 1.56. The molecular formula is C9H11BrO. The van der Waals surface area contributed by atoms with E-state index in [0.29, 0.717) is 11.8 Å². The molecule has 0 atom stereocenters. The highest BCUT2D eigenvalue weighted by Crippen LogP contribution is 2.28. The van der Waals surface area contributed by atoms with Crippen LogP contribution in [0.15, 0.2) is 16.6 Å². The molecule has 0 unspecified atom stereocenters. The second kappa shape index (κ2) is 3.26. The molecule has 0 aromatic heterocycles. The van der Waals surface area contributed by atoms with Crippen LogP contribution in [-0.4, -0.2) is 7.11 Å². The summed E-state index contributed by atoms with van der Waals surface area (Å²) in [6.45, 7) is 3.91. The fourth-order valence-electron chi connectivity index (χ4n) is 0.953. The maximum atomic E-state index is 7.60. The van der Waals surface area contributed by atoms with Crippen LogP contribution in [0.4, 0.5) is 0 Å². The lowest BCUT2D eigenvalue weighted by Crippen LogP contribution is -1.89. The predicted molar refractivity (Wildman–Crippen MR) is 50.2 cm³/mol. The number of halogens is 1. The van der Waals surface area contributed by atoms with Gasteiger partial charge in [0.15, 0.2) is 0 Å². The average molecular weight is 216 g/mol. The number of methoxy groups -OCH3 is 1. The largest absolute Gasteiger partial charge is 0.496 e. The molecule has 0 radical (unpaired) electrons. The van der Waals surface area contributed by atoms with E-state index in [1.54, 1.807) is 13.2 Å². The lowest BCUT2D eigenvalue weighted by molar-refractivity contribution is 0.411. The van der Waals surface area contributed by atoms with Gasteiger partial charge in [0.1, 0.15) is 5.75 Å². The van der Waals surface area contributed by atoms with Gasteiger partial charge in [-0.1, -0.05) is 22.0 Å². The van der Waals surface area contributed by atoms with Crippen molar-refractivity contribution >= 4 is 15.9 Å². The monoisotopic (exact) mass is 215 g/mol. The number of aryl methyl sites for hydroxylation is 1. The fourth-order valence-corrected chi connectivity index (χ4v) is 1.25. The molecule has 60 valence electrons. The third-order valence-electron chi connectivity index (χ3n) is 1.64. The standard InChI is InChI=1S/C9H11BrO/c1-6-4-5-8(11-3)7(2)9(6)10/h4-5H,1-3H3/i5D. The van der Waals surface area contributed by atoms with Gasteiger partial charge >= 0.3 is 0 Å². The van der Waals surface area contributed by atoms with E-state index in [9.17, 15) is 0 Å². The molecule has 0 heterocycles. The third-order valence-corrected chi connectivity index (χ3v) is 2.86. The first-order valence-electron chi connectivity index (χ1n) is 3.88. The first kappa shape index (κ1) is 7.17. The van der Waals surface area contributed by atoms with Gasteiger partial charge in [-0.05, 0) is 25.5 Å². The number of hydrogen-bond acceptors (Lipinski definition) is 1. The number of ether oxygens (including phenoxy) is 1. The molecule has 1 aromatic carbocycles. The van der Waals surface area contributed by atoms with Crippen molar-refractivity contribution in [2.45, 2.75) is 13.8 Å². The van der Waals surface area contributed by atoms with Gasteiger partial charge in [-0.2, -0.15) is 0 Å². The molecule has 1 nitrogen and oxygen atoms in total. The highest BCUT2D eigenvalue weighted by Gasteiger charge is 2.03. The van der Waals surface area contributed by atoms with Gasteiger partial charge in [0.2, 0.25) is 0 Å². The lowest BCUT2D eigenvalue weighted by Gasteiger charge is -2.07. The minimum Gasteiger partial charge on any atom is -0.496 e. The Morgan fingerprint density at radius 2 is 2.18 bits per heavy atom. The van der Waals surface area contributed by atoms with Crippen molar-refractivity contribution < 1.29 is 6.11 Å². The van der Waals surface area contributed by atoms with Crippen molar-refractivity contribution in [1.82, 2.24) is 0 Å². The minimum atomic E-state index is 0.440. The molecule has 0 bridgehead atoms. The summed E-state index contributed by atoms with van der Waals surface area (Å²) in [5.41, 5.74) is 2.06. The molecule has 2 heteroatoms. The van der Waals surface area contributed by atoms with E-state index < -0.39 is 0 Å². The van der Waals surface area contributed by atoms with Crippen molar-refractivity contribution in [2.75, 3.05) is 7.11 Å². The van der Waals surface area contributed by atoms with Crippen LogP contribution >= 0.6 is 15.9 Å². The average Bonchev–Trinajstić information content (AvgIpc) is 2.01. The van der Waals surface area contributed by atoms with Crippen LogP contribution in [0.1, 0.15) is 12.5 Å². The molecule has 0 saturated heterocycles. The zero-order valence-electron chi connectivity index (χ0n) is 7.86. The maximum absolute atomic E-state index is 7.60. The van der Waals surface area contributed by atoms with Crippen molar-refractivity contribution in [3.05, 3.63) is 27.7 Å². The van der Waals surface area contributed by atoms with Gasteiger partial charge in [-0.3, -0.25) is 0 Å². The number of benzene rings is 1. The zero-order valence-corrected chi connectivity index (χ0v) is 8.45. The van der Waals surface area contributed by atoms with Crippen molar-refractivity contribution in [3.8, 4) is 5.75 Å². The minimum absolute atomic E-state index is 0.440. The summed E-state index contributed by atoms with van der Waals surface area (Å²) in [7, 11) is 1.59. The van der Waals surface area contributed by atoms with E-state index in [1.807, 2.05) is 13.8 Å². The van der Waals surface area contributed by atoms with Crippen LogP contribution in [0.25, 0.3) is 0 Å². The van der Waals surface area contributed by atoms with E-state index in [-0.39, 0.29) is 0 Å². The Morgan fingerprint density at radius 1 is 1.55 bits per heavy atom. The molecule has 0 aliphatic carbocycles. The molecular weight excluding hydrogens is 204 g/mol.